The number of aromatic amines is 1. The van der Waals surface area contributed by atoms with Crippen molar-refractivity contribution in [3.63, 3.8) is 0 Å². The quantitative estimate of drug-likeness (QED) is 0.865. The zero-order valence-electron chi connectivity index (χ0n) is 12.8. The molecule has 1 heterocycles. The molecule has 1 aromatic heterocycles. The lowest BCUT2D eigenvalue weighted by Gasteiger charge is -2.27. The van der Waals surface area contributed by atoms with Crippen LogP contribution in [0.5, 0.6) is 0 Å². The molecule has 3 nitrogen and oxygen atoms in total. The van der Waals surface area contributed by atoms with E-state index in [1.54, 1.807) is 12.1 Å². The van der Waals surface area contributed by atoms with Crippen LogP contribution in [0.2, 0.25) is 5.02 Å². The Morgan fingerprint density at radius 1 is 1.38 bits per heavy atom. The first-order valence-electron chi connectivity index (χ1n) is 6.99. The summed E-state index contributed by atoms with van der Waals surface area (Å²) in [6, 6.07) is 4.91. The number of hydrogen-bond acceptors (Lipinski definition) is 2. The molecule has 5 heteroatoms. The van der Waals surface area contributed by atoms with Crippen molar-refractivity contribution in [1.82, 2.24) is 10.2 Å². The Morgan fingerprint density at radius 3 is 2.67 bits per heavy atom. The molecule has 0 aliphatic heterocycles. The molecule has 0 aliphatic carbocycles. The summed E-state index contributed by atoms with van der Waals surface area (Å²) in [4.78, 5) is 0. The van der Waals surface area contributed by atoms with E-state index in [4.69, 9.17) is 17.3 Å². The summed E-state index contributed by atoms with van der Waals surface area (Å²) >= 11 is 5.87. The minimum absolute atomic E-state index is 0.0860. The number of hydrogen-bond donors (Lipinski definition) is 2. The monoisotopic (exact) mass is 309 g/mol. The van der Waals surface area contributed by atoms with Gasteiger partial charge in [0.15, 0.2) is 5.82 Å². The van der Waals surface area contributed by atoms with Crippen molar-refractivity contribution in [3.05, 3.63) is 34.7 Å². The Hall–Kier alpha value is -1.55. The van der Waals surface area contributed by atoms with Gasteiger partial charge < -0.3 is 5.73 Å². The van der Waals surface area contributed by atoms with Gasteiger partial charge in [0.25, 0.3) is 0 Å². The van der Waals surface area contributed by atoms with Crippen molar-refractivity contribution in [2.75, 3.05) is 5.73 Å². The van der Waals surface area contributed by atoms with Crippen molar-refractivity contribution >= 4 is 17.4 Å². The molecule has 0 saturated heterocycles. The number of aromatic nitrogens is 2. The number of rotatable bonds is 3. The lowest BCUT2D eigenvalue weighted by Crippen LogP contribution is -2.19. The van der Waals surface area contributed by atoms with Gasteiger partial charge in [0.2, 0.25) is 0 Å². The van der Waals surface area contributed by atoms with Crippen molar-refractivity contribution in [1.29, 1.82) is 0 Å². The van der Waals surface area contributed by atoms with Crippen molar-refractivity contribution in [2.24, 2.45) is 11.3 Å². The fourth-order valence-corrected chi connectivity index (χ4v) is 2.33. The van der Waals surface area contributed by atoms with Gasteiger partial charge in [-0.2, -0.15) is 5.10 Å². The van der Waals surface area contributed by atoms with Crippen LogP contribution in [-0.2, 0) is 6.42 Å². The van der Waals surface area contributed by atoms with Gasteiger partial charge in [-0.05, 0) is 23.8 Å². The highest BCUT2D eigenvalue weighted by molar-refractivity contribution is 6.31. The van der Waals surface area contributed by atoms with Crippen LogP contribution < -0.4 is 5.73 Å². The fraction of sp³-hybridized carbons (Fsp3) is 0.438. The fourth-order valence-electron chi connectivity index (χ4n) is 2.15. The van der Waals surface area contributed by atoms with Crippen molar-refractivity contribution in [3.8, 4) is 11.1 Å². The second-order valence-electron chi connectivity index (χ2n) is 6.53. The topological polar surface area (TPSA) is 54.7 Å². The largest absolute Gasteiger partial charge is 0.382 e. The Morgan fingerprint density at radius 2 is 2.05 bits per heavy atom. The number of nitrogens with zero attached hydrogens (tertiary/aromatic N) is 1. The number of nitrogen functional groups attached to an aromatic ring is 1. The van der Waals surface area contributed by atoms with Crippen molar-refractivity contribution < 1.29 is 4.39 Å². The molecule has 2 rings (SSSR count). The predicted octanol–water partition coefficient (Wildman–Crippen LogP) is 4.68. The maximum atomic E-state index is 14.3. The van der Waals surface area contributed by atoms with E-state index in [0.29, 0.717) is 22.9 Å². The molecule has 1 unspecified atom stereocenters. The van der Waals surface area contributed by atoms with E-state index in [9.17, 15) is 4.39 Å². The average Bonchev–Trinajstić information content (AvgIpc) is 2.73. The highest BCUT2D eigenvalue weighted by atomic mass is 35.5. The first-order chi connectivity index (χ1) is 9.71. The Kier molecular flexibility index (Phi) is 4.28. The van der Waals surface area contributed by atoms with Gasteiger partial charge in [0.1, 0.15) is 5.82 Å². The molecule has 0 aliphatic rings. The molecular weight excluding hydrogens is 289 g/mol. The number of benzene rings is 1. The van der Waals surface area contributed by atoms with Gasteiger partial charge in [-0.25, -0.2) is 4.39 Å². The van der Waals surface area contributed by atoms with Gasteiger partial charge in [0, 0.05) is 16.8 Å². The van der Waals surface area contributed by atoms with Gasteiger partial charge >= 0.3 is 0 Å². The Balaban J connectivity index is 2.46. The second kappa shape index (κ2) is 5.68. The molecule has 1 aromatic carbocycles. The van der Waals surface area contributed by atoms with E-state index >= 15 is 0 Å². The lowest BCUT2D eigenvalue weighted by molar-refractivity contribution is 0.258. The highest BCUT2D eigenvalue weighted by Crippen LogP contribution is 2.36. The average molecular weight is 310 g/mol. The third kappa shape index (κ3) is 3.21. The summed E-state index contributed by atoms with van der Waals surface area (Å²) in [7, 11) is 0. The maximum Gasteiger partial charge on any atom is 0.153 e. The number of halogens is 2. The number of anilines is 1. The van der Waals surface area contributed by atoms with E-state index in [0.717, 1.165) is 12.1 Å². The second-order valence-corrected chi connectivity index (χ2v) is 6.94. The van der Waals surface area contributed by atoms with Crippen molar-refractivity contribution in [2.45, 2.75) is 34.1 Å². The van der Waals surface area contributed by atoms with E-state index in [1.165, 1.54) is 6.07 Å². The summed E-state index contributed by atoms with van der Waals surface area (Å²) in [5.41, 5.74) is 7.92. The van der Waals surface area contributed by atoms with Crippen LogP contribution in [0.15, 0.2) is 18.2 Å². The van der Waals surface area contributed by atoms with E-state index in [-0.39, 0.29) is 10.4 Å². The molecule has 3 N–H and O–H groups in total. The summed E-state index contributed by atoms with van der Waals surface area (Å²) in [5.74, 6) is 0.225. The molecule has 2 aromatic rings. The van der Waals surface area contributed by atoms with E-state index < -0.39 is 5.82 Å². The molecule has 0 radical (unpaired) electrons. The van der Waals surface area contributed by atoms with Crippen LogP contribution in [0.4, 0.5) is 10.2 Å². The van der Waals surface area contributed by atoms with Crippen LogP contribution in [-0.4, -0.2) is 10.2 Å². The Labute approximate surface area is 129 Å². The zero-order chi connectivity index (χ0) is 15.8. The minimum Gasteiger partial charge on any atom is -0.382 e. The van der Waals surface area contributed by atoms with Gasteiger partial charge in [0.05, 0.1) is 5.02 Å². The molecular formula is C16H21ClFN3. The summed E-state index contributed by atoms with van der Waals surface area (Å²) in [6.07, 6.45) is 0.745. The maximum absolute atomic E-state index is 14.3. The number of nitrogens with one attached hydrogen (secondary N) is 1. The molecule has 114 valence electrons. The highest BCUT2D eigenvalue weighted by Gasteiger charge is 2.24. The van der Waals surface area contributed by atoms with Gasteiger partial charge in [-0.3, -0.25) is 5.10 Å². The van der Waals surface area contributed by atoms with Gasteiger partial charge in [-0.1, -0.05) is 51.4 Å². The SMILES string of the molecule is CC(Cc1[nH]nc(N)c1-c1cccc(Cl)c1F)C(C)(C)C. The molecule has 1 atom stereocenters. The summed E-state index contributed by atoms with van der Waals surface area (Å²) in [6.45, 7) is 8.69. The third-order valence-corrected chi connectivity index (χ3v) is 4.37. The van der Waals surface area contributed by atoms with Crippen LogP contribution in [0.3, 0.4) is 0 Å². The molecule has 0 fully saturated rings. The van der Waals surface area contributed by atoms with Crippen LogP contribution in [0, 0.1) is 17.2 Å². The first kappa shape index (κ1) is 15.8. The van der Waals surface area contributed by atoms with E-state index in [2.05, 4.69) is 37.9 Å². The predicted molar refractivity (Wildman–Crippen MR) is 85.7 cm³/mol. The normalized spacial score (nSPS) is 13.4. The number of H-pyrrole nitrogens is 1. The molecule has 0 saturated carbocycles. The van der Waals surface area contributed by atoms with Crippen LogP contribution >= 0.6 is 11.6 Å². The molecule has 0 bridgehead atoms. The summed E-state index contributed by atoms with van der Waals surface area (Å²) < 4.78 is 14.3. The van der Waals surface area contributed by atoms with Crippen LogP contribution in [0.1, 0.15) is 33.4 Å². The third-order valence-electron chi connectivity index (χ3n) is 4.08. The lowest BCUT2D eigenvalue weighted by atomic mass is 9.79. The molecule has 0 spiro atoms. The molecule has 0 amide bonds. The smallest absolute Gasteiger partial charge is 0.153 e. The number of nitrogens with two attached hydrogens (primary N) is 1. The van der Waals surface area contributed by atoms with Crippen LogP contribution in [0.25, 0.3) is 11.1 Å². The standard InChI is InChI=1S/C16H21ClFN3/c1-9(16(2,3)4)8-12-13(15(19)21-20-12)10-6-5-7-11(17)14(10)18/h5-7,9H,8H2,1-4H3,(H3,19,20,21). The minimum atomic E-state index is -0.461. The Bertz CT molecular complexity index is 643. The van der Waals surface area contributed by atoms with Gasteiger partial charge in [-0.15, -0.1) is 0 Å². The first-order valence-corrected chi connectivity index (χ1v) is 7.36. The zero-order valence-corrected chi connectivity index (χ0v) is 13.6. The summed E-state index contributed by atoms with van der Waals surface area (Å²) in [5, 5.41) is 7.07. The molecule has 21 heavy (non-hydrogen) atoms. The van der Waals surface area contributed by atoms with E-state index in [1.807, 2.05) is 0 Å².